The maximum atomic E-state index is 13.7. The number of nitrogens with zero attached hydrogens (tertiary/aromatic N) is 4. The first-order chi connectivity index (χ1) is 12.4. The third-order valence-corrected chi connectivity index (χ3v) is 4.91. The zero-order chi connectivity index (χ0) is 18.1. The predicted molar refractivity (Wildman–Crippen MR) is 91.1 cm³/mol. The number of aromatic nitrogens is 4. The fraction of sp³-hybridized carbons (Fsp3) is 0.263. The van der Waals surface area contributed by atoms with Crippen molar-refractivity contribution in [1.29, 1.82) is 0 Å². The van der Waals surface area contributed by atoms with E-state index in [2.05, 4.69) is 9.97 Å². The van der Waals surface area contributed by atoms with Gasteiger partial charge in [0.15, 0.2) is 5.69 Å². The van der Waals surface area contributed by atoms with E-state index in [1.807, 2.05) is 23.6 Å². The topological polar surface area (TPSA) is 34.6 Å². The van der Waals surface area contributed by atoms with E-state index in [1.54, 1.807) is 30.6 Å². The van der Waals surface area contributed by atoms with Crippen LogP contribution in [0.5, 0.6) is 0 Å². The molecule has 1 aliphatic rings. The minimum atomic E-state index is -4.55. The van der Waals surface area contributed by atoms with Gasteiger partial charge in [0.05, 0.1) is 5.69 Å². The average molecular weight is 356 g/mol. The molecule has 4 aromatic heterocycles. The third kappa shape index (κ3) is 2.23. The summed E-state index contributed by atoms with van der Waals surface area (Å²) in [5.41, 5.74) is 2.37. The van der Waals surface area contributed by atoms with Crippen molar-refractivity contribution in [2.24, 2.45) is 0 Å². The highest BCUT2D eigenvalue weighted by Gasteiger charge is 2.39. The van der Waals surface area contributed by atoms with Gasteiger partial charge >= 0.3 is 6.18 Å². The van der Waals surface area contributed by atoms with Gasteiger partial charge in [-0.2, -0.15) is 13.2 Å². The van der Waals surface area contributed by atoms with Crippen LogP contribution in [-0.4, -0.2) is 18.8 Å². The Morgan fingerprint density at radius 3 is 2.69 bits per heavy atom. The Labute approximate surface area is 146 Å². The van der Waals surface area contributed by atoms with Crippen molar-refractivity contribution in [1.82, 2.24) is 18.8 Å². The van der Waals surface area contributed by atoms with Crippen LogP contribution in [0.15, 0.2) is 42.9 Å². The fourth-order valence-electron chi connectivity index (χ4n) is 3.49. The van der Waals surface area contributed by atoms with Crippen molar-refractivity contribution in [3.63, 3.8) is 0 Å². The van der Waals surface area contributed by atoms with Gasteiger partial charge < -0.3 is 4.40 Å². The van der Waals surface area contributed by atoms with Crippen molar-refractivity contribution < 1.29 is 13.2 Å². The molecular weight excluding hydrogens is 341 g/mol. The lowest BCUT2D eigenvalue weighted by Crippen LogP contribution is -2.08. The zero-order valence-electron chi connectivity index (χ0n) is 14.0. The molecule has 0 radical (unpaired) electrons. The Hall–Kier alpha value is -2.83. The summed E-state index contributed by atoms with van der Waals surface area (Å²) in [6.07, 6.45) is 2.88. The van der Waals surface area contributed by atoms with Crippen LogP contribution in [0.25, 0.3) is 22.6 Å². The molecule has 0 aromatic carbocycles. The van der Waals surface area contributed by atoms with E-state index in [9.17, 15) is 13.2 Å². The van der Waals surface area contributed by atoms with Gasteiger partial charge in [-0.15, -0.1) is 0 Å². The van der Waals surface area contributed by atoms with Gasteiger partial charge in [0, 0.05) is 29.8 Å². The molecule has 0 N–H and O–H groups in total. The molecule has 4 nitrogen and oxygen atoms in total. The Balaban J connectivity index is 1.91. The molecule has 0 unspecified atom stereocenters. The largest absolute Gasteiger partial charge is 0.435 e. The standard InChI is InChI=1S/C19H15F3N4/c1-11-9-23-18-14(8-13(10-26(11)18)12-5-6-12)16-17(19(20,21)22)24-15-4-2-3-7-25(15)16/h2-4,7-10,12H,5-6H2,1H3. The van der Waals surface area contributed by atoms with Gasteiger partial charge in [-0.1, -0.05) is 6.07 Å². The molecule has 4 heterocycles. The molecule has 132 valence electrons. The van der Waals surface area contributed by atoms with Crippen LogP contribution in [-0.2, 0) is 6.18 Å². The highest BCUT2D eigenvalue weighted by atomic mass is 19.4. The van der Waals surface area contributed by atoms with E-state index in [4.69, 9.17) is 0 Å². The van der Waals surface area contributed by atoms with Crippen molar-refractivity contribution in [2.45, 2.75) is 31.9 Å². The number of pyridine rings is 2. The van der Waals surface area contributed by atoms with E-state index < -0.39 is 11.9 Å². The summed E-state index contributed by atoms with van der Waals surface area (Å²) >= 11 is 0. The Kier molecular flexibility index (Phi) is 3.02. The highest BCUT2D eigenvalue weighted by molar-refractivity contribution is 5.80. The molecule has 4 aromatic rings. The third-order valence-electron chi connectivity index (χ3n) is 4.91. The number of hydrogen-bond donors (Lipinski definition) is 0. The molecule has 0 atom stereocenters. The van der Waals surface area contributed by atoms with Crippen LogP contribution >= 0.6 is 0 Å². The van der Waals surface area contributed by atoms with E-state index in [1.165, 1.54) is 4.40 Å². The second-order valence-corrected chi connectivity index (χ2v) is 6.79. The number of hydrogen-bond acceptors (Lipinski definition) is 2. The van der Waals surface area contributed by atoms with E-state index in [0.717, 1.165) is 24.1 Å². The first kappa shape index (κ1) is 15.4. The molecule has 7 heteroatoms. The van der Waals surface area contributed by atoms with E-state index >= 15 is 0 Å². The molecule has 0 bridgehead atoms. The lowest BCUT2D eigenvalue weighted by atomic mass is 10.1. The van der Waals surface area contributed by atoms with Crippen LogP contribution in [0.3, 0.4) is 0 Å². The van der Waals surface area contributed by atoms with Gasteiger partial charge in [0.1, 0.15) is 11.3 Å². The molecule has 0 amide bonds. The normalized spacial score (nSPS) is 15.2. The smallest absolute Gasteiger partial charge is 0.304 e. The van der Waals surface area contributed by atoms with Gasteiger partial charge in [-0.25, -0.2) is 9.97 Å². The quantitative estimate of drug-likeness (QED) is 0.514. The lowest BCUT2D eigenvalue weighted by molar-refractivity contribution is -0.140. The fourth-order valence-corrected chi connectivity index (χ4v) is 3.49. The molecule has 0 spiro atoms. The summed E-state index contributed by atoms with van der Waals surface area (Å²) < 4.78 is 44.6. The number of fused-ring (bicyclic) bond motifs is 2. The molecular formula is C19H15F3N4. The predicted octanol–water partition coefficient (Wildman–Crippen LogP) is 4.85. The molecule has 0 aliphatic heterocycles. The molecule has 5 rings (SSSR count). The summed E-state index contributed by atoms with van der Waals surface area (Å²) in [4.78, 5) is 8.24. The van der Waals surface area contributed by atoms with E-state index in [0.29, 0.717) is 17.1 Å². The molecule has 0 saturated heterocycles. The zero-order valence-corrected chi connectivity index (χ0v) is 14.0. The van der Waals surface area contributed by atoms with Gasteiger partial charge in [0.2, 0.25) is 0 Å². The highest BCUT2D eigenvalue weighted by Crippen LogP contribution is 2.44. The van der Waals surface area contributed by atoms with Crippen molar-refractivity contribution in [3.8, 4) is 11.3 Å². The lowest BCUT2D eigenvalue weighted by Gasteiger charge is -2.12. The van der Waals surface area contributed by atoms with Crippen LogP contribution in [0.2, 0.25) is 0 Å². The summed E-state index contributed by atoms with van der Waals surface area (Å²) in [6.45, 7) is 1.90. The molecule has 1 fully saturated rings. The summed E-state index contributed by atoms with van der Waals surface area (Å²) in [5.74, 6) is 0.411. The van der Waals surface area contributed by atoms with Crippen LogP contribution in [0.1, 0.15) is 35.7 Å². The van der Waals surface area contributed by atoms with Crippen molar-refractivity contribution in [3.05, 3.63) is 59.8 Å². The maximum Gasteiger partial charge on any atom is 0.435 e. The van der Waals surface area contributed by atoms with Gasteiger partial charge in [-0.05, 0) is 49.4 Å². The summed E-state index contributed by atoms with van der Waals surface area (Å²) in [7, 11) is 0. The Morgan fingerprint density at radius 2 is 1.96 bits per heavy atom. The van der Waals surface area contributed by atoms with E-state index in [-0.39, 0.29) is 11.3 Å². The minimum Gasteiger partial charge on any atom is -0.304 e. The van der Waals surface area contributed by atoms with Gasteiger partial charge in [-0.3, -0.25) is 4.40 Å². The monoisotopic (exact) mass is 356 g/mol. The molecule has 1 saturated carbocycles. The minimum absolute atomic E-state index is 0.0474. The number of alkyl halides is 3. The number of aryl methyl sites for hydroxylation is 1. The van der Waals surface area contributed by atoms with Gasteiger partial charge in [0.25, 0.3) is 0 Å². The van der Waals surface area contributed by atoms with Crippen LogP contribution in [0, 0.1) is 6.92 Å². The first-order valence-electron chi connectivity index (χ1n) is 8.46. The second kappa shape index (κ2) is 5.09. The van der Waals surface area contributed by atoms with Crippen LogP contribution in [0.4, 0.5) is 13.2 Å². The summed E-state index contributed by atoms with van der Waals surface area (Å²) in [5, 5.41) is 0. The Morgan fingerprint density at radius 1 is 1.15 bits per heavy atom. The SMILES string of the molecule is Cc1cnc2c(-c3c(C(F)(F)F)nc4ccccn34)cc(C3CC3)cn12. The van der Waals surface area contributed by atoms with Crippen molar-refractivity contribution >= 4 is 11.3 Å². The maximum absolute atomic E-state index is 13.7. The molecule has 1 aliphatic carbocycles. The number of rotatable bonds is 2. The summed E-state index contributed by atoms with van der Waals surface area (Å²) in [6, 6.07) is 6.82. The first-order valence-corrected chi connectivity index (χ1v) is 8.46. The second-order valence-electron chi connectivity index (χ2n) is 6.79. The molecule has 26 heavy (non-hydrogen) atoms. The van der Waals surface area contributed by atoms with Crippen LogP contribution < -0.4 is 0 Å². The number of imidazole rings is 2. The number of halogens is 3. The van der Waals surface area contributed by atoms with Crippen molar-refractivity contribution in [2.75, 3.05) is 0 Å². The Bertz CT molecular complexity index is 1150. The average Bonchev–Trinajstić information content (AvgIpc) is 3.28.